The number of carbonyl (C=O) groups excluding carboxylic acids is 1. The lowest BCUT2D eigenvalue weighted by Crippen LogP contribution is -2.39. The fourth-order valence-corrected chi connectivity index (χ4v) is 4.90. The van der Waals surface area contributed by atoms with Crippen LogP contribution in [0.5, 0.6) is 23.0 Å². The van der Waals surface area contributed by atoms with Crippen LogP contribution in [0.3, 0.4) is 0 Å². The summed E-state index contributed by atoms with van der Waals surface area (Å²) in [5.74, 6) is -0.415. The van der Waals surface area contributed by atoms with Gasteiger partial charge in [-0.15, -0.1) is 0 Å². The molecular formula is C25H24FN3O7S. The van der Waals surface area contributed by atoms with Gasteiger partial charge >= 0.3 is 0 Å². The first-order valence-electron chi connectivity index (χ1n) is 11.2. The van der Waals surface area contributed by atoms with Crippen LogP contribution in [0, 0.1) is 5.82 Å². The number of nitrogens with one attached hydrogen (secondary N) is 1. The van der Waals surface area contributed by atoms with Crippen molar-refractivity contribution in [2.24, 2.45) is 5.10 Å². The minimum Gasteiger partial charge on any atom is -0.504 e. The van der Waals surface area contributed by atoms with Gasteiger partial charge in [-0.25, -0.2) is 18.2 Å². The van der Waals surface area contributed by atoms with E-state index in [-0.39, 0.29) is 34.4 Å². The molecule has 0 aliphatic carbocycles. The summed E-state index contributed by atoms with van der Waals surface area (Å²) in [6.07, 6.45) is 1.32. The van der Waals surface area contributed by atoms with Crippen LogP contribution in [-0.4, -0.2) is 52.0 Å². The lowest BCUT2D eigenvalue weighted by molar-refractivity contribution is -0.119. The number of phenols is 1. The van der Waals surface area contributed by atoms with Crippen molar-refractivity contribution in [3.05, 3.63) is 72.0 Å². The second-order valence-corrected chi connectivity index (χ2v) is 9.61. The number of aromatic hydroxyl groups is 1. The number of nitrogens with zero attached hydrogens (tertiary/aromatic N) is 2. The van der Waals surface area contributed by atoms with E-state index in [4.69, 9.17) is 14.2 Å². The third kappa shape index (κ3) is 6.09. The molecule has 0 atom stereocenters. The molecule has 1 heterocycles. The second kappa shape index (κ2) is 11.2. The maximum absolute atomic E-state index is 13.5. The van der Waals surface area contributed by atoms with E-state index in [9.17, 15) is 22.7 Å². The van der Waals surface area contributed by atoms with Crippen LogP contribution in [0.25, 0.3) is 0 Å². The first kappa shape index (κ1) is 25.8. The second-order valence-electron chi connectivity index (χ2n) is 7.75. The molecule has 0 radical (unpaired) electrons. The van der Waals surface area contributed by atoms with E-state index in [1.807, 2.05) is 0 Å². The molecule has 0 fully saturated rings. The topological polar surface area (TPSA) is 127 Å². The maximum Gasteiger partial charge on any atom is 0.264 e. The number of hydrazone groups is 1. The van der Waals surface area contributed by atoms with Crippen LogP contribution >= 0.6 is 0 Å². The Morgan fingerprint density at radius 1 is 1.11 bits per heavy atom. The van der Waals surface area contributed by atoms with Gasteiger partial charge in [0.05, 0.1) is 23.4 Å². The van der Waals surface area contributed by atoms with Crippen LogP contribution in [0.15, 0.2) is 70.7 Å². The first-order chi connectivity index (χ1) is 17.8. The van der Waals surface area contributed by atoms with Crippen LogP contribution in [0.1, 0.15) is 12.5 Å². The molecule has 2 N–H and O–H groups in total. The van der Waals surface area contributed by atoms with Crippen molar-refractivity contribution < 1.29 is 36.9 Å². The van der Waals surface area contributed by atoms with E-state index >= 15 is 0 Å². The van der Waals surface area contributed by atoms with Crippen LogP contribution in [-0.2, 0) is 14.8 Å². The molecule has 0 aromatic heterocycles. The van der Waals surface area contributed by atoms with Gasteiger partial charge in [0.25, 0.3) is 15.9 Å². The largest absolute Gasteiger partial charge is 0.504 e. The average Bonchev–Trinajstić information content (AvgIpc) is 2.89. The normalized spacial score (nSPS) is 12.8. The molecule has 0 spiro atoms. The highest BCUT2D eigenvalue weighted by Crippen LogP contribution is 2.34. The highest BCUT2D eigenvalue weighted by atomic mass is 32.2. The van der Waals surface area contributed by atoms with Crippen molar-refractivity contribution >= 4 is 27.8 Å². The summed E-state index contributed by atoms with van der Waals surface area (Å²) >= 11 is 0. The summed E-state index contributed by atoms with van der Waals surface area (Å²) < 4.78 is 57.7. The third-order valence-corrected chi connectivity index (χ3v) is 6.96. The van der Waals surface area contributed by atoms with Crippen molar-refractivity contribution in [3.63, 3.8) is 0 Å². The number of sulfonamides is 1. The van der Waals surface area contributed by atoms with E-state index in [1.165, 1.54) is 48.7 Å². The summed E-state index contributed by atoms with van der Waals surface area (Å²) in [6.45, 7) is 2.10. The molecule has 4 rings (SSSR count). The van der Waals surface area contributed by atoms with Gasteiger partial charge in [-0.05, 0) is 67.1 Å². The zero-order valence-corrected chi connectivity index (χ0v) is 20.6. The van der Waals surface area contributed by atoms with E-state index in [0.29, 0.717) is 24.5 Å². The number of fused-ring (bicyclic) bond motifs is 1. The summed E-state index contributed by atoms with van der Waals surface area (Å²) in [7, 11) is -4.27. The Morgan fingerprint density at radius 2 is 1.84 bits per heavy atom. The van der Waals surface area contributed by atoms with Gasteiger partial charge in [-0.1, -0.05) is 0 Å². The van der Waals surface area contributed by atoms with Crippen LogP contribution < -0.4 is 23.9 Å². The number of hydrogen-bond acceptors (Lipinski definition) is 8. The highest BCUT2D eigenvalue weighted by Gasteiger charge is 2.29. The number of anilines is 1. The predicted molar refractivity (Wildman–Crippen MR) is 133 cm³/mol. The summed E-state index contributed by atoms with van der Waals surface area (Å²) in [4.78, 5) is 12.6. The number of benzene rings is 3. The quantitative estimate of drug-likeness (QED) is 0.322. The highest BCUT2D eigenvalue weighted by molar-refractivity contribution is 7.92. The van der Waals surface area contributed by atoms with Crippen LogP contribution in [0.2, 0.25) is 0 Å². The molecule has 3 aromatic rings. The number of halogens is 1. The number of phenolic OH excluding ortho intramolecular Hbond substituents is 1. The Balaban J connectivity index is 1.55. The minimum atomic E-state index is -4.27. The monoisotopic (exact) mass is 529 g/mol. The van der Waals surface area contributed by atoms with Crippen molar-refractivity contribution in [1.29, 1.82) is 0 Å². The zero-order valence-electron chi connectivity index (χ0n) is 19.8. The molecule has 12 heteroatoms. The van der Waals surface area contributed by atoms with Crippen molar-refractivity contribution in [3.8, 4) is 23.0 Å². The van der Waals surface area contributed by atoms with E-state index in [2.05, 4.69) is 10.5 Å². The number of ether oxygens (including phenoxy) is 3. The van der Waals surface area contributed by atoms with Gasteiger partial charge in [-0.2, -0.15) is 5.10 Å². The number of hydrogen-bond donors (Lipinski definition) is 2. The van der Waals surface area contributed by atoms with Gasteiger partial charge in [0.1, 0.15) is 25.6 Å². The molecule has 1 aliphatic heterocycles. The lowest BCUT2D eigenvalue weighted by atomic mass is 10.2. The smallest absolute Gasteiger partial charge is 0.264 e. The lowest BCUT2D eigenvalue weighted by Gasteiger charge is -2.25. The fraction of sp³-hybridized carbons (Fsp3) is 0.200. The fourth-order valence-electron chi connectivity index (χ4n) is 3.46. The van der Waals surface area contributed by atoms with E-state index < -0.39 is 28.3 Å². The molecule has 1 aliphatic rings. The molecule has 0 saturated carbocycles. The maximum atomic E-state index is 13.5. The minimum absolute atomic E-state index is 0.0395. The van der Waals surface area contributed by atoms with Crippen molar-refractivity contribution in [2.75, 3.05) is 30.7 Å². The Labute approximate surface area is 212 Å². The molecule has 3 aromatic carbocycles. The van der Waals surface area contributed by atoms with Gasteiger partial charge < -0.3 is 19.3 Å². The number of carbonyl (C=O) groups is 1. The summed E-state index contributed by atoms with van der Waals surface area (Å²) in [5.41, 5.74) is 2.89. The van der Waals surface area contributed by atoms with Crippen molar-refractivity contribution in [1.82, 2.24) is 5.43 Å². The Morgan fingerprint density at radius 3 is 2.57 bits per heavy atom. The summed E-state index contributed by atoms with van der Waals surface area (Å²) in [5, 5.41) is 13.7. The average molecular weight is 530 g/mol. The molecule has 37 heavy (non-hydrogen) atoms. The van der Waals surface area contributed by atoms with Gasteiger partial charge in [0.15, 0.2) is 23.0 Å². The van der Waals surface area contributed by atoms with Crippen molar-refractivity contribution in [2.45, 2.75) is 11.8 Å². The molecule has 0 bridgehead atoms. The Bertz CT molecular complexity index is 1410. The first-order valence-corrected chi connectivity index (χ1v) is 12.7. The molecule has 194 valence electrons. The van der Waals surface area contributed by atoms with E-state index in [1.54, 1.807) is 13.0 Å². The molecule has 10 nitrogen and oxygen atoms in total. The molecule has 0 saturated heterocycles. The SMILES string of the molecule is CCOc1cc(/C=N\NC(=O)CN(c2ccc(F)cc2)S(=O)(=O)c2ccc3c(c2)OCCO3)ccc1O. The van der Waals surface area contributed by atoms with Gasteiger partial charge in [0, 0.05) is 6.07 Å². The predicted octanol–water partition coefficient (Wildman–Crippen LogP) is 3.05. The number of amides is 1. The summed E-state index contributed by atoms with van der Waals surface area (Å²) in [6, 6.07) is 13.4. The Kier molecular flexibility index (Phi) is 7.77. The Hall–Kier alpha value is -4.32. The van der Waals surface area contributed by atoms with Gasteiger partial charge in [0.2, 0.25) is 0 Å². The standard InChI is InChI=1S/C25H24FN3O7S/c1-2-34-23-13-17(3-9-21(23)30)15-27-28-25(31)16-29(19-6-4-18(26)5-7-19)37(32,33)20-8-10-22-24(14-20)36-12-11-35-22/h3-10,13-15,30H,2,11-12,16H2,1H3,(H,28,31)/b27-15-. The molecule has 0 unspecified atom stereocenters. The third-order valence-electron chi connectivity index (χ3n) is 5.19. The van der Waals surface area contributed by atoms with E-state index in [0.717, 1.165) is 16.4 Å². The van der Waals surface area contributed by atoms with Gasteiger partial charge in [-0.3, -0.25) is 9.10 Å². The molecular weight excluding hydrogens is 505 g/mol. The zero-order chi connectivity index (χ0) is 26.4. The molecule has 1 amide bonds. The number of rotatable bonds is 9. The van der Waals surface area contributed by atoms with Crippen LogP contribution in [0.4, 0.5) is 10.1 Å².